The maximum Gasteiger partial charge on any atom is 0.233 e. The van der Waals surface area contributed by atoms with Crippen molar-refractivity contribution in [3.05, 3.63) is 75.8 Å². The van der Waals surface area contributed by atoms with Gasteiger partial charge in [0, 0.05) is 15.5 Å². The quantitative estimate of drug-likeness (QED) is 0.372. The van der Waals surface area contributed by atoms with Gasteiger partial charge in [-0.15, -0.1) is 21.5 Å². The van der Waals surface area contributed by atoms with Gasteiger partial charge in [-0.2, -0.15) is 0 Å². The van der Waals surface area contributed by atoms with Gasteiger partial charge in [-0.05, 0) is 54.8 Å². The van der Waals surface area contributed by atoms with E-state index in [0.717, 1.165) is 16.2 Å². The molecule has 4 rings (SSSR count). The molecule has 0 radical (unpaired) electrons. The second-order valence-electron chi connectivity index (χ2n) is 6.54. The van der Waals surface area contributed by atoms with Crippen molar-refractivity contribution >= 4 is 40.6 Å². The summed E-state index contributed by atoms with van der Waals surface area (Å²) >= 11 is 9.01. The molecular formula is C21H19ClN4O2S2. The predicted octanol–water partition coefficient (Wildman–Crippen LogP) is 5.10. The molecule has 0 bridgehead atoms. The summed E-state index contributed by atoms with van der Waals surface area (Å²) in [4.78, 5) is 13.7. The third-order valence-electron chi connectivity index (χ3n) is 4.38. The summed E-state index contributed by atoms with van der Waals surface area (Å²) in [6.45, 7) is 2.85. The average Bonchev–Trinajstić information content (AvgIpc) is 3.51. The van der Waals surface area contributed by atoms with Crippen LogP contribution in [0.5, 0.6) is 0 Å². The molecule has 1 N–H and O–H groups in total. The van der Waals surface area contributed by atoms with Gasteiger partial charge in [-0.3, -0.25) is 9.36 Å². The minimum atomic E-state index is -0.331. The van der Waals surface area contributed by atoms with E-state index in [-0.39, 0.29) is 11.2 Å². The van der Waals surface area contributed by atoms with Crippen LogP contribution in [-0.4, -0.2) is 25.9 Å². The summed E-state index contributed by atoms with van der Waals surface area (Å²) in [6, 6.07) is 15.1. The Labute approximate surface area is 187 Å². The first-order chi connectivity index (χ1) is 14.6. The molecule has 1 amide bonds. The van der Waals surface area contributed by atoms with Crippen molar-refractivity contribution in [1.82, 2.24) is 20.1 Å². The highest BCUT2D eigenvalue weighted by Crippen LogP contribution is 2.28. The van der Waals surface area contributed by atoms with Crippen molar-refractivity contribution in [3.8, 4) is 11.4 Å². The number of nitrogens with zero attached hydrogens (tertiary/aromatic N) is 3. The van der Waals surface area contributed by atoms with Crippen molar-refractivity contribution in [2.45, 2.75) is 30.4 Å². The number of rotatable bonds is 8. The zero-order valence-electron chi connectivity index (χ0n) is 16.1. The number of thioether (sulfide) groups is 1. The molecule has 6 nitrogen and oxygen atoms in total. The Kier molecular flexibility index (Phi) is 6.56. The lowest BCUT2D eigenvalue weighted by atomic mass is 10.2. The topological polar surface area (TPSA) is 73.0 Å². The van der Waals surface area contributed by atoms with Crippen LogP contribution in [-0.2, 0) is 17.9 Å². The average molecular weight is 459 g/mol. The van der Waals surface area contributed by atoms with E-state index in [1.54, 1.807) is 17.6 Å². The van der Waals surface area contributed by atoms with E-state index in [2.05, 4.69) is 15.5 Å². The van der Waals surface area contributed by atoms with Crippen LogP contribution in [0.3, 0.4) is 0 Å². The van der Waals surface area contributed by atoms with Crippen molar-refractivity contribution in [3.63, 3.8) is 0 Å². The molecule has 0 aliphatic heterocycles. The van der Waals surface area contributed by atoms with Crippen LogP contribution in [0.25, 0.3) is 11.4 Å². The highest BCUT2D eigenvalue weighted by Gasteiger charge is 2.21. The Bertz CT molecular complexity index is 1090. The lowest BCUT2D eigenvalue weighted by Gasteiger charge is -2.13. The lowest BCUT2D eigenvalue weighted by molar-refractivity contribution is -0.120. The molecule has 0 aliphatic rings. The normalized spacial score (nSPS) is 12.1. The summed E-state index contributed by atoms with van der Waals surface area (Å²) in [7, 11) is 0. The Morgan fingerprint density at radius 1 is 1.23 bits per heavy atom. The molecule has 1 aromatic carbocycles. The highest BCUT2D eigenvalue weighted by molar-refractivity contribution is 8.00. The third-order valence-corrected chi connectivity index (χ3v) is 6.59. The molecule has 0 aliphatic carbocycles. The van der Waals surface area contributed by atoms with Gasteiger partial charge < -0.3 is 9.73 Å². The zero-order chi connectivity index (χ0) is 20.9. The smallest absolute Gasteiger partial charge is 0.233 e. The maximum absolute atomic E-state index is 12.6. The first kappa shape index (κ1) is 20.7. The van der Waals surface area contributed by atoms with Crippen LogP contribution < -0.4 is 5.32 Å². The Balaban J connectivity index is 1.54. The summed E-state index contributed by atoms with van der Waals surface area (Å²) in [5.74, 6) is 1.42. The number of benzene rings is 1. The number of carbonyl (C=O) groups excluding carboxylic acids is 1. The van der Waals surface area contributed by atoms with E-state index in [4.69, 9.17) is 16.0 Å². The van der Waals surface area contributed by atoms with Gasteiger partial charge in [0.15, 0.2) is 11.0 Å². The molecule has 1 unspecified atom stereocenters. The predicted molar refractivity (Wildman–Crippen MR) is 120 cm³/mol. The van der Waals surface area contributed by atoms with Gasteiger partial charge in [-0.25, -0.2) is 0 Å². The van der Waals surface area contributed by atoms with Crippen LogP contribution in [0.1, 0.15) is 17.6 Å². The minimum Gasteiger partial charge on any atom is -0.467 e. The first-order valence-corrected chi connectivity index (χ1v) is 11.4. The molecule has 30 heavy (non-hydrogen) atoms. The van der Waals surface area contributed by atoms with E-state index < -0.39 is 0 Å². The molecule has 0 fully saturated rings. The number of amides is 1. The summed E-state index contributed by atoms with van der Waals surface area (Å²) in [5, 5.41) is 14.7. The van der Waals surface area contributed by atoms with Crippen molar-refractivity contribution in [1.29, 1.82) is 0 Å². The number of aromatic nitrogens is 3. The fourth-order valence-corrected chi connectivity index (χ4v) is 4.48. The fraction of sp³-hybridized carbons (Fsp3) is 0.190. The number of thiophene rings is 1. The van der Waals surface area contributed by atoms with Crippen molar-refractivity contribution < 1.29 is 9.21 Å². The zero-order valence-corrected chi connectivity index (χ0v) is 18.5. The van der Waals surface area contributed by atoms with E-state index in [1.165, 1.54) is 11.8 Å². The molecule has 0 saturated heterocycles. The number of carbonyl (C=O) groups is 1. The van der Waals surface area contributed by atoms with Gasteiger partial charge in [0.1, 0.15) is 5.76 Å². The van der Waals surface area contributed by atoms with Gasteiger partial charge in [0.25, 0.3) is 0 Å². The van der Waals surface area contributed by atoms with E-state index in [1.807, 2.05) is 65.4 Å². The van der Waals surface area contributed by atoms with Crippen molar-refractivity contribution in [2.75, 3.05) is 0 Å². The third kappa shape index (κ3) is 4.95. The van der Waals surface area contributed by atoms with E-state index in [0.29, 0.717) is 29.1 Å². The number of hydrogen-bond acceptors (Lipinski definition) is 6. The molecule has 154 valence electrons. The molecule has 9 heteroatoms. The summed E-state index contributed by atoms with van der Waals surface area (Å²) < 4.78 is 7.47. The maximum atomic E-state index is 12.6. The Morgan fingerprint density at radius 2 is 2.07 bits per heavy atom. The van der Waals surface area contributed by atoms with Crippen LogP contribution in [0.15, 0.2) is 69.7 Å². The largest absolute Gasteiger partial charge is 0.467 e. The van der Waals surface area contributed by atoms with E-state index in [9.17, 15) is 4.79 Å². The Morgan fingerprint density at radius 3 is 2.77 bits per heavy atom. The SMILES string of the molecule is CC(Sc1nnc(-c2ccc(Cl)cc2)n1Cc1ccco1)C(=O)NCc1cccs1. The van der Waals surface area contributed by atoms with Gasteiger partial charge in [0.2, 0.25) is 5.91 Å². The fourth-order valence-electron chi connectivity index (χ4n) is 2.83. The second-order valence-corrected chi connectivity index (χ2v) is 9.31. The molecule has 3 aromatic heterocycles. The van der Waals surface area contributed by atoms with Crippen LogP contribution in [0, 0.1) is 0 Å². The summed E-state index contributed by atoms with van der Waals surface area (Å²) in [6.07, 6.45) is 1.63. The van der Waals surface area contributed by atoms with Gasteiger partial charge in [-0.1, -0.05) is 29.4 Å². The first-order valence-electron chi connectivity index (χ1n) is 9.28. The molecule has 0 saturated carbocycles. The van der Waals surface area contributed by atoms with E-state index >= 15 is 0 Å². The monoisotopic (exact) mass is 458 g/mol. The number of halogens is 1. The molecular weight excluding hydrogens is 440 g/mol. The Hall–Kier alpha value is -2.55. The van der Waals surface area contributed by atoms with Gasteiger partial charge >= 0.3 is 0 Å². The standard InChI is InChI=1S/C21H19ClN4O2S2/c1-14(20(27)23-12-18-5-3-11-29-18)30-21-25-24-19(15-6-8-16(22)9-7-15)26(21)13-17-4-2-10-28-17/h2-11,14H,12-13H2,1H3,(H,23,27). The minimum absolute atomic E-state index is 0.0472. The van der Waals surface area contributed by atoms with Crippen molar-refractivity contribution in [2.24, 2.45) is 0 Å². The molecule has 4 aromatic rings. The van der Waals surface area contributed by atoms with Gasteiger partial charge in [0.05, 0.1) is 24.6 Å². The summed E-state index contributed by atoms with van der Waals surface area (Å²) in [5.41, 5.74) is 0.889. The van der Waals surface area contributed by atoms with Crippen LogP contribution >= 0.6 is 34.7 Å². The highest BCUT2D eigenvalue weighted by atomic mass is 35.5. The molecule has 3 heterocycles. The number of furan rings is 1. The van der Waals surface area contributed by atoms with Crippen LogP contribution in [0.2, 0.25) is 5.02 Å². The van der Waals surface area contributed by atoms with Crippen LogP contribution in [0.4, 0.5) is 0 Å². The molecule has 0 spiro atoms. The molecule has 1 atom stereocenters. The number of nitrogens with one attached hydrogen (secondary N) is 1. The lowest BCUT2D eigenvalue weighted by Crippen LogP contribution is -2.30. The number of hydrogen-bond donors (Lipinski definition) is 1. The second kappa shape index (κ2) is 9.51.